The molecule has 0 spiro atoms. The second-order valence-corrected chi connectivity index (χ2v) is 6.35. The second-order valence-electron chi connectivity index (χ2n) is 1.40. The van der Waals surface area contributed by atoms with Crippen molar-refractivity contribution >= 4 is 26.4 Å². The molecule has 0 fully saturated rings. The molecule has 0 bridgehead atoms. The molecule has 0 aliphatic carbocycles. The van der Waals surface area contributed by atoms with E-state index in [9.17, 15) is 0 Å². The molecule has 66 valence electrons. The fraction of sp³-hybridized carbons (Fsp3) is 0. The van der Waals surface area contributed by atoms with Crippen LogP contribution in [0, 0.1) is 0 Å². The van der Waals surface area contributed by atoms with Gasteiger partial charge in [-0.2, -0.15) is 0 Å². The Bertz CT molecular complexity index is 222. The molecule has 1 aromatic carbocycles. The number of para-hydroxylation sites is 1. The van der Waals surface area contributed by atoms with E-state index in [-0.39, 0.29) is 0 Å². The van der Waals surface area contributed by atoms with Crippen LogP contribution in [0.25, 0.3) is 0 Å². The SMILES string of the molecule is C=O.Oc1ccccc1.[S]=[W]=[S]. The van der Waals surface area contributed by atoms with Crippen LogP contribution >= 0.6 is 19.6 Å². The summed E-state index contributed by atoms with van der Waals surface area (Å²) < 4.78 is 0. The van der Waals surface area contributed by atoms with Gasteiger partial charge in [0.15, 0.2) is 0 Å². The van der Waals surface area contributed by atoms with Gasteiger partial charge < -0.3 is 9.90 Å². The molecule has 5 heteroatoms. The molecule has 1 rings (SSSR count). The summed E-state index contributed by atoms with van der Waals surface area (Å²) in [6.45, 7) is 2.00. The Hall–Kier alpha value is -0.182. The predicted molar refractivity (Wildman–Crippen MR) is 50.4 cm³/mol. The van der Waals surface area contributed by atoms with Crippen LogP contribution in [-0.2, 0) is 19.7 Å². The standard InChI is InChI=1S/C6H6O.CH2O.2S.W/c7-6-4-2-1-3-5-6;1-2;;;/h1-5,7H;1H2;;;. The van der Waals surface area contributed by atoms with Gasteiger partial charge in [-0.15, -0.1) is 0 Å². The molecule has 0 saturated heterocycles. The van der Waals surface area contributed by atoms with Gasteiger partial charge in [-0.05, 0) is 12.1 Å². The second kappa shape index (κ2) is 13.4. The van der Waals surface area contributed by atoms with Gasteiger partial charge in [0.2, 0.25) is 0 Å². The summed E-state index contributed by atoms with van der Waals surface area (Å²) in [5.74, 6) is 0.322. The number of hydrogen-bond acceptors (Lipinski definition) is 4. The van der Waals surface area contributed by atoms with Crippen LogP contribution in [-0.4, -0.2) is 11.9 Å². The first kappa shape index (κ1) is 14.3. The Balaban J connectivity index is 0. The molecule has 0 unspecified atom stereocenters. The van der Waals surface area contributed by atoms with Crippen LogP contribution in [0.3, 0.4) is 0 Å². The number of carbonyl (C=O) groups excluding carboxylic acids is 1. The summed E-state index contributed by atoms with van der Waals surface area (Å²) in [5, 5.41) is 8.63. The first-order chi connectivity index (χ1) is 5.81. The van der Waals surface area contributed by atoms with Gasteiger partial charge in [-0.3, -0.25) is 0 Å². The van der Waals surface area contributed by atoms with Crippen molar-refractivity contribution in [2.45, 2.75) is 0 Å². The van der Waals surface area contributed by atoms with E-state index in [4.69, 9.17) is 9.90 Å². The minimum absolute atomic E-state index is 0.322. The Kier molecular flexibility index (Phi) is 16.0. The van der Waals surface area contributed by atoms with E-state index in [0.717, 1.165) is 0 Å². The average Bonchev–Trinajstić information content (AvgIpc) is 2.11. The van der Waals surface area contributed by atoms with Crippen molar-refractivity contribution in [2.75, 3.05) is 0 Å². The summed E-state index contributed by atoms with van der Waals surface area (Å²) >= 11 is -0.583. The van der Waals surface area contributed by atoms with Crippen LogP contribution in [0.2, 0.25) is 0 Å². The maximum atomic E-state index is 8.63. The number of aromatic hydroxyl groups is 1. The van der Waals surface area contributed by atoms with E-state index in [2.05, 4.69) is 19.6 Å². The summed E-state index contributed by atoms with van der Waals surface area (Å²) in [7, 11) is 8.75. The number of phenolic OH excluding ortho intramolecular Hbond substituents is 1. The minimum atomic E-state index is -0.583. The van der Waals surface area contributed by atoms with Crippen molar-refractivity contribution in [3.8, 4) is 5.75 Å². The normalized spacial score (nSPS) is 6.33. The molecule has 2 nitrogen and oxygen atoms in total. The van der Waals surface area contributed by atoms with E-state index < -0.39 is 14.9 Å². The zero-order valence-corrected chi connectivity index (χ0v) is 10.7. The van der Waals surface area contributed by atoms with E-state index in [1.807, 2.05) is 12.9 Å². The van der Waals surface area contributed by atoms with E-state index in [1.54, 1.807) is 24.3 Å². The molecular weight excluding hydrogens is 364 g/mol. The Morgan fingerprint density at radius 2 is 1.50 bits per heavy atom. The molecule has 0 atom stereocenters. The van der Waals surface area contributed by atoms with Gasteiger partial charge in [-0.25, -0.2) is 0 Å². The number of phenols is 1. The summed E-state index contributed by atoms with van der Waals surface area (Å²) in [4.78, 5) is 8.00. The Morgan fingerprint density at radius 1 is 1.17 bits per heavy atom. The third-order valence-corrected chi connectivity index (χ3v) is 0.756. The van der Waals surface area contributed by atoms with Crippen LogP contribution in [0.4, 0.5) is 0 Å². The Morgan fingerprint density at radius 3 is 1.67 bits per heavy atom. The average molecular weight is 372 g/mol. The maximum absolute atomic E-state index is 8.63. The first-order valence-electron chi connectivity index (χ1n) is 2.76. The molecule has 1 N–H and O–H groups in total. The van der Waals surface area contributed by atoms with Crippen molar-refractivity contribution in [2.24, 2.45) is 0 Å². The van der Waals surface area contributed by atoms with Gasteiger partial charge in [0.25, 0.3) is 0 Å². The third-order valence-electron chi connectivity index (χ3n) is 0.756. The number of benzene rings is 1. The van der Waals surface area contributed by atoms with Crippen LogP contribution in [0.5, 0.6) is 5.75 Å². The van der Waals surface area contributed by atoms with Crippen molar-refractivity contribution in [1.82, 2.24) is 0 Å². The van der Waals surface area contributed by atoms with Crippen LogP contribution < -0.4 is 0 Å². The first-order valence-corrected chi connectivity index (χ1v) is 10.6. The molecule has 0 aliphatic heterocycles. The zero-order valence-electron chi connectivity index (χ0n) is 6.17. The zero-order chi connectivity index (χ0) is 9.82. The molecule has 0 radical (unpaired) electrons. The molecule has 0 amide bonds. The number of carbonyl (C=O) groups is 1. The van der Waals surface area contributed by atoms with E-state index in [0.29, 0.717) is 5.75 Å². The van der Waals surface area contributed by atoms with E-state index >= 15 is 0 Å². The molecule has 0 aliphatic rings. The Labute approximate surface area is 87.0 Å². The van der Waals surface area contributed by atoms with Crippen molar-refractivity contribution < 1.29 is 24.8 Å². The molecule has 0 heterocycles. The molecule has 12 heavy (non-hydrogen) atoms. The van der Waals surface area contributed by atoms with Crippen LogP contribution in [0.15, 0.2) is 30.3 Å². The fourth-order valence-corrected chi connectivity index (χ4v) is 0.428. The molecular formula is C7H8O2S2W. The third kappa shape index (κ3) is 12.5. The summed E-state index contributed by atoms with van der Waals surface area (Å²) in [6.07, 6.45) is 0. The van der Waals surface area contributed by atoms with Crippen LogP contribution in [0.1, 0.15) is 0 Å². The van der Waals surface area contributed by atoms with Gasteiger partial charge in [0, 0.05) is 0 Å². The number of hydrogen-bond donors (Lipinski definition) is 1. The van der Waals surface area contributed by atoms with Gasteiger partial charge in [0.05, 0.1) is 0 Å². The molecule has 1 aromatic rings. The topological polar surface area (TPSA) is 37.3 Å². The quantitative estimate of drug-likeness (QED) is 0.760. The molecule has 0 saturated carbocycles. The van der Waals surface area contributed by atoms with Crippen molar-refractivity contribution in [3.63, 3.8) is 0 Å². The van der Waals surface area contributed by atoms with Gasteiger partial charge >= 0.3 is 34.6 Å². The summed E-state index contributed by atoms with van der Waals surface area (Å²) in [6, 6.07) is 8.71. The number of rotatable bonds is 0. The van der Waals surface area contributed by atoms with Gasteiger partial charge in [0.1, 0.15) is 12.5 Å². The molecule has 0 aromatic heterocycles. The predicted octanol–water partition coefficient (Wildman–Crippen LogP) is 2.50. The fourth-order valence-electron chi connectivity index (χ4n) is 0.428. The van der Waals surface area contributed by atoms with Crippen molar-refractivity contribution in [1.29, 1.82) is 0 Å². The van der Waals surface area contributed by atoms with Crippen molar-refractivity contribution in [3.05, 3.63) is 30.3 Å². The van der Waals surface area contributed by atoms with E-state index in [1.165, 1.54) is 0 Å². The summed E-state index contributed by atoms with van der Waals surface area (Å²) in [5.41, 5.74) is 0. The monoisotopic (exact) mass is 372 g/mol. The van der Waals surface area contributed by atoms with Gasteiger partial charge in [-0.1, -0.05) is 18.2 Å².